The van der Waals surface area contributed by atoms with Crippen molar-refractivity contribution < 1.29 is 14.6 Å². The Balaban J connectivity index is 1.78. The smallest absolute Gasteiger partial charge is 0.261 e. The van der Waals surface area contributed by atoms with Crippen molar-refractivity contribution in [1.82, 2.24) is 0 Å². The van der Waals surface area contributed by atoms with Crippen molar-refractivity contribution in [2.45, 2.75) is 57.1 Å². The first-order valence-electron chi connectivity index (χ1n) is 10.1. The Morgan fingerprint density at radius 2 is 1.52 bits per heavy atom. The van der Waals surface area contributed by atoms with Crippen LogP contribution in [0.5, 0.6) is 5.75 Å². The highest BCUT2D eigenvalue weighted by Crippen LogP contribution is 2.46. The topological polar surface area (TPSA) is 49.8 Å². The Hall–Kier alpha value is -2.33. The Morgan fingerprint density at radius 3 is 2.37 bits per heavy atom. The van der Waals surface area contributed by atoms with Gasteiger partial charge in [-0.3, -0.25) is 9.69 Å². The second-order valence-electron chi connectivity index (χ2n) is 7.54. The van der Waals surface area contributed by atoms with E-state index in [9.17, 15) is 9.90 Å². The normalized spacial score (nSPS) is 23.6. The maximum Gasteiger partial charge on any atom is 0.261 e. The molecule has 0 radical (unpaired) electrons. The van der Waals surface area contributed by atoms with Crippen LogP contribution in [0.4, 0.5) is 5.69 Å². The second-order valence-corrected chi connectivity index (χ2v) is 7.54. The van der Waals surface area contributed by atoms with Gasteiger partial charge >= 0.3 is 0 Å². The van der Waals surface area contributed by atoms with Gasteiger partial charge in [-0.25, -0.2) is 0 Å². The molecular formula is C23H27NO3. The molecule has 2 aliphatic heterocycles. The van der Waals surface area contributed by atoms with Crippen LogP contribution < -0.4 is 9.64 Å². The van der Waals surface area contributed by atoms with Gasteiger partial charge in [0.1, 0.15) is 5.75 Å². The first-order valence-corrected chi connectivity index (χ1v) is 10.1. The molecule has 2 aromatic carbocycles. The third-order valence-electron chi connectivity index (χ3n) is 5.70. The van der Waals surface area contributed by atoms with E-state index in [-0.39, 0.29) is 5.91 Å². The van der Waals surface area contributed by atoms with E-state index in [0.29, 0.717) is 35.6 Å². The average molecular weight is 365 g/mol. The number of rotatable bonds is 0. The number of ether oxygens (including phenoxy) is 1. The van der Waals surface area contributed by atoms with E-state index < -0.39 is 5.72 Å². The molecule has 27 heavy (non-hydrogen) atoms. The van der Waals surface area contributed by atoms with Crippen molar-refractivity contribution in [2.24, 2.45) is 0 Å². The van der Waals surface area contributed by atoms with Crippen molar-refractivity contribution in [1.29, 1.82) is 0 Å². The molecule has 4 heteroatoms. The summed E-state index contributed by atoms with van der Waals surface area (Å²) >= 11 is 0. The summed E-state index contributed by atoms with van der Waals surface area (Å²) in [6.45, 7) is 0.629. The number of carbonyl (C=O) groups excluding carboxylic acids is 1. The summed E-state index contributed by atoms with van der Waals surface area (Å²) in [5.74, 6) is 0.505. The highest BCUT2D eigenvalue weighted by atomic mass is 16.5. The fraction of sp³-hybridized carbons (Fsp3) is 0.435. The molecule has 0 spiro atoms. The lowest BCUT2D eigenvalue weighted by atomic mass is 9.94. The highest BCUT2D eigenvalue weighted by molar-refractivity contribution is 6.12. The zero-order chi connectivity index (χ0) is 18.7. The molecule has 2 aliphatic rings. The Bertz CT molecular complexity index is 819. The quantitative estimate of drug-likeness (QED) is 0.714. The van der Waals surface area contributed by atoms with Crippen LogP contribution in [0.1, 0.15) is 67.3 Å². The summed E-state index contributed by atoms with van der Waals surface area (Å²) in [6.07, 6.45) is 8.28. The maximum absolute atomic E-state index is 13.2. The molecule has 0 saturated heterocycles. The highest BCUT2D eigenvalue weighted by Gasteiger charge is 2.49. The van der Waals surface area contributed by atoms with Gasteiger partial charge in [-0.15, -0.1) is 0 Å². The number of para-hydroxylation sites is 2. The summed E-state index contributed by atoms with van der Waals surface area (Å²) in [7, 11) is 0. The van der Waals surface area contributed by atoms with Gasteiger partial charge in [-0.1, -0.05) is 62.4 Å². The van der Waals surface area contributed by atoms with Crippen LogP contribution in [-0.2, 0) is 5.72 Å². The molecule has 1 N–H and O–H groups in total. The molecule has 2 aromatic rings. The average Bonchev–Trinajstić information content (AvgIpc) is 2.91. The lowest BCUT2D eigenvalue weighted by Gasteiger charge is -2.35. The van der Waals surface area contributed by atoms with Crippen LogP contribution in [0, 0.1) is 0 Å². The molecule has 4 rings (SSSR count). The van der Waals surface area contributed by atoms with Gasteiger partial charge in [0, 0.05) is 17.5 Å². The third-order valence-corrected chi connectivity index (χ3v) is 5.70. The molecular weight excluding hydrogens is 338 g/mol. The molecule has 0 saturated carbocycles. The molecule has 142 valence electrons. The van der Waals surface area contributed by atoms with E-state index in [1.807, 2.05) is 42.5 Å². The Morgan fingerprint density at radius 1 is 0.852 bits per heavy atom. The lowest BCUT2D eigenvalue weighted by molar-refractivity contribution is 0.0285. The van der Waals surface area contributed by atoms with E-state index in [4.69, 9.17) is 4.74 Å². The number of anilines is 1. The number of hydrogen-bond donors (Lipinski definition) is 1. The Labute approximate surface area is 160 Å². The van der Waals surface area contributed by atoms with Gasteiger partial charge in [0.05, 0.1) is 12.3 Å². The first kappa shape index (κ1) is 18.1. The van der Waals surface area contributed by atoms with Gasteiger partial charge in [0.2, 0.25) is 0 Å². The summed E-state index contributed by atoms with van der Waals surface area (Å²) in [5, 5.41) is 11.7. The minimum atomic E-state index is -1.32. The van der Waals surface area contributed by atoms with Gasteiger partial charge in [-0.2, -0.15) is 0 Å². The van der Waals surface area contributed by atoms with Gasteiger partial charge in [-0.05, 0) is 31.0 Å². The van der Waals surface area contributed by atoms with Crippen LogP contribution in [0.25, 0.3) is 0 Å². The van der Waals surface area contributed by atoms with E-state index in [1.165, 1.54) is 25.7 Å². The van der Waals surface area contributed by atoms with Crippen molar-refractivity contribution in [3.63, 3.8) is 0 Å². The zero-order valence-corrected chi connectivity index (χ0v) is 15.7. The Kier molecular flexibility index (Phi) is 5.17. The summed E-state index contributed by atoms with van der Waals surface area (Å²) in [5.41, 5.74) is 0.617. The predicted octanol–water partition coefficient (Wildman–Crippen LogP) is 5.01. The number of benzene rings is 2. The van der Waals surface area contributed by atoms with E-state index in [2.05, 4.69) is 0 Å². The van der Waals surface area contributed by atoms with E-state index >= 15 is 0 Å². The second kappa shape index (κ2) is 7.73. The predicted molar refractivity (Wildman–Crippen MR) is 106 cm³/mol. The molecule has 1 unspecified atom stereocenters. The van der Waals surface area contributed by atoms with Crippen LogP contribution in [0.15, 0.2) is 48.5 Å². The van der Waals surface area contributed by atoms with Crippen molar-refractivity contribution in [3.8, 4) is 5.75 Å². The maximum atomic E-state index is 13.2. The minimum Gasteiger partial charge on any atom is -0.491 e. The molecule has 2 heterocycles. The third kappa shape index (κ3) is 3.34. The SMILES string of the molecule is O=C1c2ccccc2C2(O)CCCCCCCCCOc3ccccc3N12. The first-order chi connectivity index (χ1) is 13.2. The largest absolute Gasteiger partial charge is 0.491 e. The summed E-state index contributed by atoms with van der Waals surface area (Å²) < 4.78 is 6.03. The van der Waals surface area contributed by atoms with Crippen LogP contribution in [0.2, 0.25) is 0 Å². The number of nitrogens with zero attached hydrogens (tertiary/aromatic N) is 1. The fourth-order valence-electron chi connectivity index (χ4n) is 4.29. The van der Waals surface area contributed by atoms with E-state index in [0.717, 1.165) is 19.3 Å². The van der Waals surface area contributed by atoms with Crippen LogP contribution >= 0.6 is 0 Å². The molecule has 0 aliphatic carbocycles. The van der Waals surface area contributed by atoms with Gasteiger partial charge < -0.3 is 9.84 Å². The number of aliphatic hydroxyl groups is 1. The molecule has 4 nitrogen and oxygen atoms in total. The van der Waals surface area contributed by atoms with E-state index in [1.54, 1.807) is 11.0 Å². The minimum absolute atomic E-state index is 0.156. The molecule has 1 atom stereocenters. The summed E-state index contributed by atoms with van der Waals surface area (Å²) in [4.78, 5) is 14.8. The zero-order valence-electron chi connectivity index (χ0n) is 15.7. The monoisotopic (exact) mass is 365 g/mol. The van der Waals surface area contributed by atoms with Gasteiger partial charge in [0.25, 0.3) is 5.91 Å². The van der Waals surface area contributed by atoms with Crippen molar-refractivity contribution in [3.05, 3.63) is 59.7 Å². The van der Waals surface area contributed by atoms with Gasteiger partial charge in [0.15, 0.2) is 5.72 Å². The standard InChI is InChI=1S/C23H27NO3/c25-22-18-12-6-7-13-19(18)23(26)16-10-4-2-1-3-5-11-17-27-21-15-9-8-14-20(21)24(22)23/h6-9,12-15,26H,1-5,10-11,16-17H2. The van der Waals surface area contributed by atoms with Crippen LogP contribution in [-0.4, -0.2) is 17.6 Å². The lowest BCUT2D eigenvalue weighted by Crippen LogP contribution is -2.44. The number of hydrogen-bond acceptors (Lipinski definition) is 3. The molecule has 1 amide bonds. The number of amides is 1. The molecule has 0 bridgehead atoms. The van der Waals surface area contributed by atoms with Crippen molar-refractivity contribution in [2.75, 3.05) is 11.5 Å². The summed E-state index contributed by atoms with van der Waals surface area (Å²) in [6, 6.07) is 15.0. The number of fused-ring (bicyclic) bond motifs is 5. The van der Waals surface area contributed by atoms with Crippen molar-refractivity contribution >= 4 is 11.6 Å². The molecule has 0 aromatic heterocycles. The van der Waals surface area contributed by atoms with Crippen LogP contribution in [0.3, 0.4) is 0 Å². The fourth-order valence-corrected chi connectivity index (χ4v) is 4.29. The number of carbonyl (C=O) groups is 1. The molecule has 0 fully saturated rings.